The molecule has 0 spiro atoms. The van der Waals surface area contributed by atoms with E-state index in [1.54, 1.807) is 4.90 Å². The number of hydrogen-bond acceptors (Lipinski definition) is 4. The van der Waals surface area contributed by atoms with Gasteiger partial charge in [-0.25, -0.2) is 0 Å². The highest BCUT2D eigenvalue weighted by atomic mass is 16.5. The first-order valence-electron chi connectivity index (χ1n) is 13.0. The van der Waals surface area contributed by atoms with Crippen molar-refractivity contribution in [3.63, 3.8) is 0 Å². The van der Waals surface area contributed by atoms with Crippen molar-refractivity contribution in [2.24, 2.45) is 0 Å². The van der Waals surface area contributed by atoms with Crippen LogP contribution in [0.2, 0.25) is 0 Å². The molecule has 192 valence electrons. The van der Waals surface area contributed by atoms with Crippen molar-refractivity contribution in [2.75, 3.05) is 26.3 Å². The molecule has 2 aromatic rings. The molecule has 6 nitrogen and oxygen atoms in total. The molecule has 0 heterocycles. The van der Waals surface area contributed by atoms with Crippen LogP contribution in [0.1, 0.15) is 64.5 Å². The Morgan fingerprint density at radius 1 is 0.886 bits per heavy atom. The zero-order chi connectivity index (χ0) is 25.5. The van der Waals surface area contributed by atoms with E-state index >= 15 is 0 Å². The molecule has 0 aromatic heterocycles. The molecule has 2 rings (SSSR count). The van der Waals surface area contributed by atoms with Gasteiger partial charge in [-0.3, -0.25) is 9.59 Å². The lowest BCUT2D eigenvalue weighted by atomic mass is 10.1. The second-order valence-electron chi connectivity index (χ2n) is 8.54. The number of nitrogens with one attached hydrogen (secondary N) is 1. The molecule has 0 saturated heterocycles. The van der Waals surface area contributed by atoms with Gasteiger partial charge in [0, 0.05) is 19.5 Å². The summed E-state index contributed by atoms with van der Waals surface area (Å²) in [5.74, 6) is 1.33. The minimum Gasteiger partial charge on any atom is -0.490 e. The predicted octanol–water partition coefficient (Wildman–Crippen LogP) is 5.18. The minimum atomic E-state index is -0.470. The van der Waals surface area contributed by atoms with Crippen molar-refractivity contribution in [3.8, 4) is 11.5 Å². The normalized spacial score (nSPS) is 11.5. The monoisotopic (exact) mass is 482 g/mol. The maximum Gasteiger partial charge on any atom is 0.242 e. The molecular formula is C29H42N2O4. The van der Waals surface area contributed by atoms with E-state index in [0.717, 1.165) is 24.0 Å². The fraction of sp³-hybridized carbons (Fsp3) is 0.517. The lowest BCUT2D eigenvalue weighted by molar-refractivity contribution is -0.140. The van der Waals surface area contributed by atoms with Gasteiger partial charge in [-0.1, -0.05) is 56.7 Å². The first kappa shape index (κ1) is 28.2. The maximum atomic E-state index is 13.4. The molecule has 0 aliphatic carbocycles. The van der Waals surface area contributed by atoms with Gasteiger partial charge in [0.25, 0.3) is 0 Å². The van der Waals surface area contributed by atoms with Crippen LogP contribution in [0.25, 0.3) is 0 Å². The Morgan fingerprint density at radius 2 is 1.60 bits per heavy atom. The third-order valence-corrected chi connectivity index (χ3v) is 5.94. The average Bonchev–Trinajstić information content (AvgIpc) is 2.87. The second-order valence-corrected chi connectivity index (χ2v) is 8.54. The molecule has 2 aromatic carbocycles. The van der Waals surface area contributed by atoms with Gasteiger partial charge in [0.2, 0.25) is 11.8 Å². The van der Waals surface area contributed by atoms with E-state index in [1.165, 1.54) is 0 Å². The third-order valence-electron chi connectivity index (χ3n) is 5.94. The van der Waals surface area contributed by atoms with E-state index in [-0.39, 0.29) is 11.8 Å². The molecule has 1 atom stereocenters. The van der Waals surface area contributed by atoms with E-state index in [9.17, 15) is 9.59 Å². The summed E-state index contributed by atoms with van der Waals surface area (Å²) in [6, 6.07) is 15.4. The van der Waals surface area contributed by atoms with Crippen LogP contribution < -0.4 is 14.8 Å². The van der Waals surface area contributed by atoms with Crippen molar-refractivity contribution in [1.29, 1.82) is 0 Å². The van der Waals surface area contributed by atoms with Gasteiger partial charge in [0.1, 0.15) is 6.04 Å². The molecule has 0 radical (unpaired) electrons. The maximum absolute atomic E-state index is 13.4. The fourth-order valence-corrected chi connectivity index (χ4v) is 4.05. The Hall–Kier alpha value is -3.02. The molecule has 2 amide bonds. The van der Waals surface area contributed by atoms with Crippen LogP contribution in [0.15, 0.2) is 48.5 Å². The lowest BCUT2D eigenvalue weighted by Crippen LogP contribution is -2.50. The van der Waals surface area contributed by atoms with E-state index in [1.807, 2.05) is 57.2 Å². The molecule has 1 N–H and O–H groups in total. The summed E-state index contributed by atoms with van der Waals surface area (Å²) in [4.78, 5) is 28.2. The summed E-state index contributed by atoms with van der Waals surface area (Å²) < 4.78 is 11.4. The van der Waals surface area contributed by atoms with Gasteiger partial charge < -0.3 is 19.7 Å². The highest BCUT2D eigenvalue weighted by Crippen LogP contribution is 2.29. The number of carbonyl (C=O) groups is 2. The Bertz CT molecular complexity index is 901. The van der Waals surface area contributed by atoms with Crippen LogP contribution in [-0.2, 0) is 22.4 Å². The molecule has 0 fully saturated rings. The van der Waals surface area contributed by atoms with Gasteiger partial charge in [-0.15, -0.1) is 0 Å². The number of ether oxygens (including phenoxy) is 2. The van der Waals surface area contributed by atoms with E-state index < -0.39 is 6.04 Å². The zero-order valence-corrected chi connectivity index (χ0v) is 21.8. The molecule has 0 aliphatic rings. The standard InChI is InChI=1S/C29H42N2O4/c1-5-9-20-30-29(33)25(6-2)31(21-19-23-13-11-10-12-14-23)28(32)18-16-24-15-17-26(34-7-3)27(22-24)35-8-4/h10-15,17,22,25H,5-9,16,18-21H2,1-4H3,(H,30,33)/t25-/m0/s1. The molecule has 0 saturated carbocycles. The summed E-state index contributed by atoms with van der Waals surface area (Å²) in [6.07, 6.45) is 4.13. The van der Waals surface area contributed by atoms with Crippen molar-refractivity contribution < 1.29 is 19.1 Å². The molecule has 0 unspecified atom stereocenters. The van der Waals surface area contributed by atoms with Crippen molar-refractivity contribution >= 4 is 11.8 Å². The number of aryl methyl sites for hydroxylation is 1. The van der Waals surface area contributed by atoms with E-state index in [2.05, 4.69) is 24.4 Å². The predicted molar refractivity (Wildman–Crippen MR) is 141 cm³/mol. The Morgan fingerprint density at radius 3 is 2.26 bits per heavy atom. The van der Waals surface area contributed by atoms with Crippen LogP contribution in [-0.4, -0.2) is 49.1 Å². The van der Waals surface area contributed by atoms with Crippen molar-refractivity contribution in [3.05, 3.63) is 59.7 Å². The second kappa shape index (κ2) is 15.8. The molecule has 0 bridgehead atoms. The quantitative estimate of drug-likeness (QED) is 0.335. The highest BCUT2D eigenvalue weighted by molar-refractivity contribution is 5.87. The van der Waals surface area contributed by atoms with Crippen LogP contribution in [0.5, 0.6) is 11.5 Å². The summed E-state index contributed by atoms with van der Waals surface area (Å²) in [5, 5.41) is 3.02. The van der Waals surface area contributed by atoms with Crippen LogP contribution >= 0.6 is 0 Å². The van der Waals surface area contributed by atoms with Gasteiger partial charge in [-0.2, -0.15) is 0 Å². The SMILES string of the molecule is CCCCNC(=O)[C@H](CC)N(CCc1ccccc1)C(=O)CCc1ccc(OCC)c(OCC)c1. The number of nitrogens with zero attached hydrogens (tertiary/aromatic N) is 1. The lowest BCUT2D eigenvalue weighted by Gasteiger charge is -2.31. The number of amides is 2. The molecule has 0 aliphatic heterocycles. The summed E-state index contributed by atoms with van der Waals surface area (Å²) in [7, 11) is 0. The number of benzene rings is 2. The van der Waals surface area contributed by atoms with Crippen molar-refractivity contribution in [1.82, 2.24) is 10.2 Å². The fourth-order valence-electron chi connectivity index (χ4n) is 4.05. The third kappa shape index (κ3) is 9.27. The van der Waals surface area contributed by atoms with Crippen LogP contribution in [0.3, 0.4) is 0 Å². The van der Waals surface area contributed by atoms with Gasteiger partial charge in [-0.05, 0) is 62.8 Å². The van der Waals surface area contributed by atoms with Gasteiger partial charge >= 0.3 is 0 Å². The Balaban J connectivity index is 2.14. The van der Waals surface area contributed by atoms with Crippen LogP contribution in [0, 0.1) is 0 Å². The average molecular weight is 483 g/mol. The zero-order valence-electron chi connectivity index (χ0n) is 21.8. The first-order valence-corrected chi connectivity index (χ1v) is 13.0. The number of rotatable bonds is 16. The topological polar surface area (TPSA) is 67.9 Å². The smallest absolute Gasteiger partial charge is 0.242 e. The number of unbranched alkanes of at least 4 members (excludes halogenated alkanes) is 1. The Labute approximate surface area is 211 Å². The summed E-state index contributed by atoms with van der Waals surface area (Å²) in [5.41, 5.74) is 2.16. The molecular weight excluding hydrogens is 440 g/mol. The summed E-state index contributed by atoms with van der Waals surface area (Å²) in [6.45, 7) is 10.2. The summed E-state index contributed by atoms with van der Waals surface area (Å²) >= 11 is 0. The van der Waals surface area contributed by atoms with E-state index in [4.69, 9.17) is 9.47 Å². The number of carbonyl (C=O) groups excluding carboxylic acids is 2. The van der Waals surface area contributed by atoms with Crippen LogP contribution in [0.4, 0.5) is 0 Å². The molecule has 35 heavy (non-hydrogen) atoms. The Kier molecular flexibility index (Phi) is 12.7. The largest absolute Gasteiger partial charge is 0.490 e. The van der Waals surface area contributed by atoms with Crippen molar-refractivity contribution in [2.45, 2.75) is 72.3 Å². The minimum absolute atomic E-state index is 0.00901. The number of hydrogen-bond donors (Lipinski definition) is 1. The van der Waals surface area contributed by atoms with Gasteiger partial charge in [0.15, 0.2) is 11.5 Å². The van der Waals surface area contributed by atoms with Gasteiger partial charge in [0.05, 0.1) is 13.2 Å². The van der Waals surface area contributed by atoms with E-state index in [0.29, 0.717) is 63.5 Å². The highest BCUT2D eigenvalue weighted by Gasteiger charge is 2.27. The molecule has 6 heteroatoms. The first-order chi connectivity index (χ1) is 17.0.